The molecule has 0 atom stereocenters. The Morgan fingerprint density at radius 1 is 1.29 bits per heavy atom. The lowest BCUT2D eigenvalue weighted by Crippen LogP contribution is -2.23. The van der Waals surface area contributed by atoms with Crippen molar-refractivity contribution in [2.24, 2.45) is 0 Å². The van der Waals surface area contributed by atoms with Gasteiger partial charge in [-0.05, 0) is 39.7 Å². The van der Waals surface area contributed by atoms with Gasteiger partial charge in [-0.1, -0.05) is 36.4 Å². The number of hydrogen-bond acceptors (Lipinski definition) is 1. The molecule has 0 saturated carbocycles. The lowest BCUT2D eigenvalue weighted by atomic mass is 10.0. The van der Waals surface area contributed by atoms with Gasteiger partial charge in [0.15, 0.2) is 0 Å². The van der Waals surface area contributed by atoms with Crippen molar-refractivity contribution in [3.8, 4) is 0 Å². The van der Waals surface area contributed by atoms with E-state index >= 15 is 0 Å². The molecule has 0 heterocycles. The summed E-state index contributed by atoms with van der Waals surface area (Å²) in [6.07, 6.45) is 5.90. The van der Waals surface area contributed by atoms with Crippen LogP contribution in [0.1, 0.15) is 39.2 Å². The summed E-state index contributed by atoms with van der Waals surface area (Å²) in [5.41, 5.74) is 0.966. The average molecular weight is 230 g/mol. The highest BCUT2D eigenvalue weighted by Crippen LogP contribution is 2.26. The molecule has 0 radical (unpaired) electrons. The Bertz CT molecular complexity index is 374. The second-order valence-corrected chi connectivity index (χ2v) is 4.71. The maximum Gasteiger partial charge on any atom is 0.123 e. The van der Waals surface area contributed by atoms with Gasteiger partial charge in [-0.2, -0.15) is 0 Å². The average Bonchev–Trinajstić information content (AvgIpc) is 2.35. The molecular formula is C16H22O. The van der Waals surface area contributed by atoms with Gasteiger partial charge in [0.25, 0.3) is 0 Å². The van der Waals surface area contributed by atoms with Crippen LogP contribution in [0.4, 0.5) is 0 Å². The van der Waals surface area contributed by atoms with Crippen LogP contribution in [0.3, 0.4) is 0 Å². The van der Waals surface area contributed by atoms with E-state index in [1.165, 1.54) is 0 Å². The molecule has 1 rings (SSSR count). The summed E-state index contributed by atoms with van der Waals surface area (Å²) >= 11 is 0. The van der Waals surface area contributed by atoms with Crippen molar-refractivity contribution in [1.29, 1.82) is 0 Å². The molecule has 0 bridgehead atoms. The van der Waals surface area contributed by atoms with Gasteiger partial charge >= 0.3 is 0 Å². The second kappa shape index (κ2) is 6.29. The zero-order chi connectivity index (χ0) is 12.7. The Morgan fingerprint density at radius 2 is 1.94 bits per heavy atom. The lowest BCUT2D eigenvalue weighted by molar-refractivity contribution is 0.0690. The highest BCUT2D eigenvalue weighted by Gasteiger charge is 2.20. The van der Waals surface area contributed by atoms with Crippen LogP contribution in [-0.2, 0) is 4.74 Å². The van der Waals surface area contributed by atoms with Crippen molar-refractivity contribution in [2.75, 3.05) is 0 Å². The van der Waals surface area contributed by atoms with Gasteiger partial charge < -0.3 is 4.74 Å². The van der Waals surface area contributed by atoms with E-state index in [-0.39, 0.29) is 5.60 Å². The van der Waals surface area contributed by atoms with Crippen molar-refractivity contribution in [1.82, 2.24) is 0 Å². The van der Waals surface area contributed by atoms with E-state index < -0.39 is 0 Å². The first-order valence-electron chi connectivity index (χ1n) is 6.11. The molecule has 0 amide bonds. The fourth-order valence-electron chi connectivity index (χ4n) is 1.69. The summed E-state index contributed by atoms with van der Waals surface area (Å²) in [5, 5.41) is 0. The molecule has 0 fully saturated rings. The van der Waals surface area contributed by atoms with Crippen LogP contribution < -0.4 is 0 Å². The van der Waals surface area contributed by atoms with Gasteiger partial charge in [0, 0.05) is 5.56 Å². The molecule has 0 N–H and O–H groups in total. The molecular weight excluding hydrogens is 208 g/mol. The first-order chi connectivity index (χ1) is 8.09. The van der Waals surface area contributed by atoms with Crippen LogP contribution in [0.2, 0.25) is 0 Å². The number of rotatable bonds is 6. The van der Waals surface area contributed by atoms with E-state index in [0.717, 1.165) is 24.2 Å². The highest BCUT2D eigenvalue weighted by molar-refractivity contribution is 5.59. The molecule has 0 unspecified atom stereocenters. The minimum atomic E-state index is -0.161. The van der Waals surface area contributed by atoms with Gasteiger partial charge in [-0.15, -0.1) is 6.58 Å². The van der Waals surface area contributed by atoms with Crippen molar-refractivity contribution in [3.05, 3.63) is 54.6 Å². The molecule has 0 spiro atoms. The Labute approximate surface area is 105 Å². The number of hydrogen-bond donors (Lipinski definition) is 0. The van der Waals surface area contributed by atoms with E-state index in [1.807, 2.05) is 37.3 Å². The standard InChI is InChI=1S/C16H22O/c1-5-7-13-16(3,4)17-15(6-2)14-11-9-8-10-12-14/h5-6,8-12H,1,7,13H2,2-4H3. The van der Waals surface area contributed by atoms with Gasteiger partial charge in [-0.25, -0.2) is 0 Å². The second-order valence-electron chi connectivity index (χ2n) is 4.71. The predicted molar refractivity (Wildman–Crippen MR) is 74.7 cm³/mol. The van der Waals surface area contributed by atoms with Gasteiger partial charge in [0.2, 0.25) is 0 Å². The quantitative estimate of drug-likeness (QED) is 0.503. The van der Waals surface area contributed by atoms with Crippen LogP contribution in [0.15, 0.2) is 49.1 Å². The maximum atomic E-state index is 6.09. The van der Waals surface area contributed by atoms with Crippen molar-refractivity contribution in [2.45, 2.75) is 39.2 Å². The summed E-state index contributed by atoms with van der Waals surface area (Å²) in [5.74, 6) is 0.944. The number of allylic oxidation sites excluding steroid dienone is 2. The van der Waals surface area contributed by atoms with E-state index in [4.69, 9.17) is 4.74 Å². The van der Waals surface area contributed by atoms with Crippen molar-refractivity contribution in [3.63, 3.8) is 0 Å². The molecule has 17 heavy (non-hydrogen) atoms. The first-order valence-corrected chi connectivity index (χ1v) is 6.11. The van der Waals surface area contributed by atoms with E-state index in [1.54, 1.807) is 0 Å². The highest BCUT2D eigenvalue weighted by atomic mass is 16.5. The molecule has 0 aliphatic rings. The molecule has 1 heteroatoms. The van der Waals surface area contributed by atoms with Crippen LogP contribution in [0, 0.1) is 0 Å². The third-order valence-corrected chi connectivity index (χ3v) is 2.66. The fourth-order valence-corrected chi connectivity index (χ4v) is 1.69. The molecule has 1 aromatic rings. The summed E-state index contributed by atoms with van der Waals surface area (Å²) in [7, 11) is 0. The van der Waals surface area contributed by atoms with E-state index in [9.17, 15) is 0 Å². The molecule has 0 saturated heterocycles. The zero-order valence-corrected chi connectivity index (χ0v) is 11.1. The van der Waals surface area contributed by atoms with Gasteiger partial charge in [-0.3, -0.25) is 0 Å². The van der Waals surface area contributed by atoms with Crippen LogP contribution in [0.25, 0.3) is 5.76 Å². The van der Waals surface area contributed by atoms with E-state index in [0.29, 0.717) is 0 Å². The maximum absolute atomic E-state index is 6.09. The first kappa shape index (κ1) is 13.6. The summed E-state index contributed by atoms with van der Waals surface area (Å²) in [6, 6.07) is 10.2. The smallest absolute Gasteiger partial charge is 0.123 e. The third kappa shape index (κ3) is 4.48. The number of benzene rings is 1. The molecule has 1 aromatic carbocycles. The Morgan fingerprint density at radius 3 is 2.47 bits per heavy atom. The number of ether oxygens (including phenoxy) is 1. The Balaban J connectivity index is 2.74. The normalized spacial score (nSPS) is 12.3. The minimum Gasteiger partial charge on any atom is -0.488 e. The topological polar surface area (TPSA) is 9.23 Å². The summed E-state index contributed by atoms with van der Waals surface area (Å²) in [6.45, 7) is 9.98. The molecule has 0 aromatic heterocycles. The van der Waals surface area contributed by atoms with Crippen LogP contribution in [-0.4, -0.2) is 5.60 Å². The fraction of sp³-hybridized carbons (Fsp3) is 0.375. The van der Waals surface area contributed by atoms with Crippen molar-refractivity contribution >= 4 is 5.76 Å². The van der Waals surface area contributed by atoms with Gasteiger partial charge in [0.05, 0.1) is 0 Å². The predicted octanol–water partition coefficient (Wildman–Crippen LogP) is 4.81. The van der Waals surface area contributed by atoms with Crippen LogP contribution >= 0.6 is 0 Å². The molecule has 1 nitrogen and oxygen atoms in total. The van der Waals surface area contributed by atoms with E-state index in [2.05, 4.69) is 32.6 Å². The molecule has 0 aliphatic heterocycles. The third-order valence-electron chi connectivity index (χ3n) is 2.66. The Kier molecular flexibility index (Phi) is 5.02. The summed E-state index contributed by atoms with van der Waals surface area (Å²) in [4.78, 5) is 0. The lowest BCUT2D eigenvalue weighted by Gasteiger charge is -2.27. The zero-order valence-electron chi connectivity index (χ0n) is 11.1. The SMILES string of the molecule is C=CCCC(C)(C)OC(=CC)c1ccccc1. The largest absolute Gasteiger partial charge is 0.488 e. The monoisotopic (exact) mass is 230 g/mol. The Hall–Kier alpha value is -1.50. The summed E-state index contributed by atoms with van der Waals surface area (Å²) < 4.78 is 6.09. The molecule has 92 valence electrons. The molecule has 0 aliphatic carbocycles. The van der Waals surface area contributed by atoms with Crippen LogP contribution in [0.5, 0.6) is 0 Å². The van der Waals surface area contributed by atoms with Gasteiger partial charge in [0.1, 0.15) is 11.4 Å². The minimum absolute atomic E-state index is 0.161. The van der Waals surface area contributed by atoms with Crippen molar-refractivity contribution < 1.29 is 4.74 Å².